The van der Waals surface area contributed by atoms with Gasteiger partial charge in [0.05, 0.1) is 12.7 Å². The lowest BCUT2D eigenvalue weighted by Gasteiger charge is -2.22. The monoisotopic (exact) mass is 251 g/mol. The van der Waals surface area contributed by atoms with Crippen LogP contribution in [0.4, 0.5) is 0 Å². The SMILES string of the molecule is CCn1ccnc1C(=O)CCOC1CCNCC1. The number of Topliss-reactive ketones (excluding diaryl/α,β-unsaturated/α-hetero) is 1. The van der Waals surface area contributed by atoms with Gasteiger partial charge in [-0.3, -0.25) is 4.79 Å². The summed E-state index contributed by atoms with van der Waals surface area (Å²) in [5.74, 6) is 0.613. The molecule has 2 rings (SSSR count). The summed E-state index contributed by atoms with van der Waals surface area (Å²) in [5.41, 5.74) is 0. The van der Waals surface area contributed by atoms with Gasteiger partial charge in [0, 0.05) is 25.4 Å². The van der Waals surface area contributed by atoms with Gasteiger partial charge < -0.3 is 14.6 Å². The third-order valence-electron chi connectivity index (χ3n) is 3.27. The highest BCUT2D eigenvalue weighted by molar-refractivity contribution is 5.92. The van der Waals surface area contributed by atoms with E-state index in [9.17, 15) is 4.79 Å². The average Bonchev–Trinajstić information content (AvgIpc) is 2.88. The minimum Gasteiger partial charge on any atom is -0.378 e. The first-order valence-corrected chi connectivity index (χ1v) is 6.68. The number of hydrogen-bond donors (Lipinski definition) is 1. The molecule has 5 nitrogen and oxygen atoms in total. The van der Waals surface area contributed by atoms with Crippen molar-refractivity contribution in [1.29, 1.82) is 0 Å². The van der Waals surface area contributed by atoms with Gasteiger partial charge in [-0.25, -0.2) is 4.98 Å². The van der Waals surface area contributed by atoms with Crippen molar-refractivity contribution in [2.24, 2.45) is 0 Å². The van der Waals surface area contributed by atoms with Crippen molar-refractivity contribution in [1.82, 2.24) is 14.9 Å². The van der Waals surface area contributed by atoms with Crippen LogP contribution in [0.15, 0.2) is 12.4 Å². The Labute approximate surface area is 108 Å². The second-order valence-corrected chi connectivity index (χ2v) is 4.53. The van der Waals surface area contributed by atoms with Crippen LogP contribution in [0.2, 0.25) is 0 Å². The van der Waals surface area contributed by atoms with Gasteiger partial charge in [-0.05, 0) is 32.9 Å². The summed E-state index contributed by atoms with van der Waals surface area (Å²) >= 11 is 0. The standard InChI is InChI=1S/C13H21N3O2/c1-2-16-9-8-15-13(16)12(17)5-10-18-11-3-6-14-7-4-11/h8-9,11,14H,2-7,10H2,1H3. The van der Waals surface area contributed by atoms with E-state index in [1.165, 1.54) is 0 Å². The molecule has 0 radical (unpaired) electrons. The largest absolute Gasteiger partial charge is 0.378 e. The fraction of sp³-hybridized carbons (Fsp3) is 0.692. The van der Waals surface area contributed by atoms with Crippen molar-refractivity contribution in [3.05, 3.63) is 18.2 Å². The van der Waals surface area contributed by atoms with Crippen LogP contribution < -0.4 is 5.32 Å². The van der Waals surface area contributed by atoms with Gasteiger partial charge in [-0.2, -0.15) is 0 Å². The summed E-state index contributed by atoms with van der Waals surface area (Å²) in [6.07, 6.45) is 6.31. The number of imidazole rings is 1. The Hall–Kier alpha value is -1.20. The number of nitrogens with one attached hydrogen (secondary N) is 1. The molecule has 0 unspecified atom stereocenters. The molecule has 0 bridgehead atoms. The normalized spacial score (nSPS) is 16.9. The van der Waals surface area contributed by atoms with Crippen LogP contribution in [0.5, 0.6) is 0 Å². The van der Waals surface area contributed by atoms with Crippen molar-refractivity contribution in [2.75, 3.05) is 19.7 Å². The zero-order valence-electron chi connectivity index (χ0n) is 10.9. The molecule has 0 spiro atoms. The Morgan fingerprint density at radius 2 is 2.33 bits per heavy atom. The molecule has 0 atom stereocenters. The molecular formula is C13H21N3O2. The Balaban J connectivity index is 1.74. The number of ketones is 1. The Bertz CT molecular complexity index is 383. The van der Waals surface area contributed by atoms with E-state index in [-0.39, 0.29) is 5.78 Å². The van der Waals surface area contributed by atoms with Crippen molar-refractivity contribution >= 4 is 5.78 Å². The fourth-order valence-electron chi connectivity index (χ4n) is 2.21. The lowest BCUT2D eigenvalue weighted by molar-refractivity contribution is 0.0311. The minimum absolute atomic E-state index is 0.0655. The van der Waals surface area contributed by atoms with E-state index < -0.39 is 0 Å². The number of carbonyl (C=O) groups is 1. The molecule has 2 heterocycles. The quantitative estimate of drug-likeness (QED) is 0.773. The number of hydrogen-bond acceptors (Lipinski definition) is 4. The van der Waals surface area contributed by atoms with Crippen LogP contribution >= 0.6 is 0 Å². The third-order valence-corrected chi connectivity index (χ3v) is 3.27. The van der Waals surface area contributed by atoms with E-state index in [4.69, 9.17) is 4.74 Å². The van der Waals surface area contributed by atoms with Crippen molar-refractivity contribution in [3.8, 4) is 0 Å². The first-order chi connectivity index (χ1) is 8.81. The van der Waals surface area contributed by atoms with E-state index in [2.05, 4.69) is 10.3 Å². The molecular weight excluding hydrogens is 230 g/mol. The molecule has 0 aromatic carbocycles. The summed E-state index contributed by atoms with van der Waals surface area (Å²) in [4.78, 5) is 16.1. The molecule has 0 saturated carbocycles. The van der Waals surface area contributed by atoms with E-state index in [1.54, 1.807) is 6.20 Å². The predicted molar refractivity (Wildman–Crippen MR) is 68.7 cm³/mol. The van der Waals surface area contributed by atoms with Crippen molar-refractivity contribution < 1.29 is 9.53 Å². The van der Waals surface area contributed by atoms with Gasteiger partial charge in [0.25, 0.3) is 0 Å². The van der Waals surface area contributed by atoms with Crippen LogP contribution in [0.3, 0.4) is 0 Å². The highest BCUT2D eigenvalue weighted by Gasteiger charge is 2.15. The molecule has 18 heavy (non-hydrogen) atoms. The molecule has 0 aliphatic carbocycles. The molecule has 5 heteroatoms. The number of aromatic nitrogens is 2. The van der Waals surface area contributed by atoms with Gasteiger partial charge >= 0.3 is 0 Å². The van der Waals surface area contributed by atoms with Gasteiger partial charge in [-0.15, -0.1) is 0 Å². The fourth-order valence-corrected chi connectivity index (χ4v) is 2.21. The number of rotatable bonds is 6. The molecule has 0 amide bonds. The number of ether oxygens (including phenoxy) is 1. The van der Waals surface area contributed by atoms with Crippen LogP contribution in [0.1, 0.15) is 36.8 Å². The van der Waals surface area contributed by atoms with Gasteiger partial charge in [0.1, 0.15) is 0 Å². The lowest BCUT2D eigenvalue weighted by atomic mass is 10.1. The van der Waals surface area contributed by atoms with Crippen LogP contribution in [-0.4, -0.2) is 41.1 Å². The Morgan fingerprint density at radius 1 is 1.56 bits per heavy atom. The first kappa shape index (κ1) is 13.2. The zero-order valence-corrected chi connectivity index (χ0v) is 10.9. The third kappa shape index (κ3) is 3.40. The van der Waals surface area contributed by atoms with Gasteiger partial charge in [0.2, 0.25) is 5.78 Å². The minimum atomic E-state index is 0.0655. The van der Waals surface area contributed by atoms with Crippen molar-refractivity contribution in [3.63, 3.8) is 0 Å². The summed E-state index contributed by atoms with van der Waals surface area (Å²) < 4.78 is 7.60. The van der Waals surface area contributed by atoms with Crippen LogP contribution in [0.25, 0.3) is 0 Å². The van der Waals surface area contributed by atoms with Crippen molar-refractivity contribution in [2.45, 2.75) is 38.8 Å². The molecule has 1 aromatic heterocycles. The summed E-state index contributed by atoms with van der Waals surface area (Å²) in [6.45, 7) is 5.30. The second kappa shape index (κ2) is 6.66. The Kier molecular flexibility index (Phi) is 4.90. The van der Waals surface area contributed by atoms with Gasteiger partial charge in [-0.1, -0.05) is 0 Å². The maximum atomic E-state index is 12.0. The molecule has 1 aliphatic heterocycles. The number of piperidine rings is 1. The second-order valence-electron chi connectivity index (χ2n) is 4.53. The number of aryl methyl sites for hydroxylation is 1. The van der Waals surface area contributed by atoms with Crippen LogP contribution in [-0.2, 0) is 11.3 Å². The molecule has 1 aromatic rings. The zero-order chi connectivity index (χ0) is 12.8. The van der Waals surface area contributed by atoms with E-state index in [0.29, 0.717) is 25.0 Å². The number of nitrogens with zero attached hydrogens (tertiary/aromatic N) is 2. The number of carbonyl (C=O) groups excluding carboxylic acids is 1. The first-order valence-electron chi connectivity index (χ1n) is 6.68. The molecule has 1 fully saturated rings. The highest BCUT2D eigenvalue weighted by atomic mass is 16.5. The summed E-state index contributed by atoms with van der Waals surface area (Å²) in [5, 5.41) is 3.29. The van der Waals surface area contributed by atoms with E-state index in [1.807, 2.05) is 17.7 Å². The molecule has 100 valence electrons. The maximum absolute atomic E-state index is 12.0. The van der Waals surface area contributed by atoms with E-state index in [0.717, 1.165) is 32.5 Å². The average molecular weight is 251 g/mol. The smallest absolute Gasteiger partial charge is 0.200 e. The predicted octanol–water partition coefficient (Wildman–Crippen LogP) is 1.24. The summed E-state index contributed by atoms with van der Waals surface area (Å²) in [7, 11) is 0. The topological polar surface area (TPSA) is 56.2 Å². The Morgan fingerprint density at radius 3 is 3.06 bits per heavy atom. The van der Waals surface area contributed by atoms with Gasteiger partial charge in [0.15, 0.2) is 5.82 Å². The van der Waals surface area contributed by atoms with E-state index >= 15 is 0 Å². The summed E-state index contributed by atoms with van der Waals surface area (Å²) in [6, 6.07) is 0. The lowest BCUT2D eigenvalue weighted by Crippen LogP contribution is -2.32. The molecule has 1 saturated heterocycles. The molecule has 1 aliphatic rings. The maximum Gasteiger partial charge on any atom is 0.200 e. The van der Waals surface area contributed by atoms with Crippen LogP contribution in [0, 0.1) is 0 Å². The highest BCUT2D eigenvalue weighted by Crippen LogP contribution is 2.09. The molecule has 1 N–H and O–H groups in total.